The first-order valence-corrected chi connectivity index (χ1v) is 10.9. The Morgan fingerprint density at radius 3 is 2.81 bits per heavy atom. The van der Waals surface area contributed by atoms with Crippen LogP contribution in [0, 0.1) is 0 Å². The number of rotatable bonds is 7. The van der Waals surface area contributed by atoms with E-state index in [2.05, 4.69) is 5.32 Å². The van der Waals surface area contributed by atoms with Crippen LogP contribution in [-0.4, -0.2) is 52.7 Å². The van der Waals surface area contributed by atoms with E-state index in [0.29, 0.717) is 11.7 Å². The summed E-state index contributed by atoms with van der Waals surface area (Å²) in [6.45, 7) is 2.57. The monoisotopic (exact) mass is 408 g/mol. The maximum atomic E-state index is 13.1. The zero-order valence-corrected chi connectivity index (χ0v) is 17.5. The summed E-state index contributed by atoms with van der Waals surface area (Å²) in [5.41, 5.74) is 1.18. The van der Waals surface area contributed by atoms with Gasteiger partial charge in [-0.25, -0.2) is 4.98 Å². The molecule has 146 valence electrons. The first-order valence-electron chi connectivity index (χ1n) is 9.07. The number of aryl methyl sites for hydroxylation is 2. The number of nitrogens with one attached hydrogen (secondary N) is 1. The summed E-state index contributed by atoms with van der Waals surface area (Å²) in [7, 11) is 3.29. The molecule has 3 rings (SSSR count). The number of amides is 2. The summed E-state index contributed by atoms with van der Waals surface area (Å²) in [5.74, 6) is -0.293. The Kier molecular flexibility index (Phi) is 6.21. The molecular formula is C18H24N4O3S2. The highest BCUT2D eigenvalue weighted by Crippen LogP contribution is 2.35. The number of thiophene rings is 1. The van der Waals surface area contributed by atoms with E-state index >= 15 is 0 Å². The highest BCUT2D eigenvalue weighted by atomic mass is 32.2. The van der Waals surface area contributed by atoms with Crippen molar-refractivity contribution in [2.75, 3.05) is 26.4 Å². The molecule has 2 amide bonds. The lowest BCUT2D eigenvalue weighted by atomic mass is 10.2. The molecule has 0 unspecified atom stereocenters. The molecule has 27 heavy (non-hydrogen) atoms. The molecule has 9 heteroatoms. The molecule has 1 aliphatic rings. The molecule has 2 aromatic rings. The number of fused-ring (bicyclic) bond motifs is 3. The van der Waals surface area contributed by atoms with E-state index in [-0.39, 0.29) is 29.7 Å². The minimum atomic E-state index is -0.249. The largest absolute Gasteiger partial charge is 0.347 e. The van der Waals surface area contributed by atoms with Gasteiger partial charge in [0.15, 0.2) is 5.16 Å². The van der Waals surface area contributed by atoms with Crippen molar-refractivity contribution in [1.82, 2.24) is 19.8 Å². The van der Waals surface area contributed by atoms with Crippen molar-refractivity contribution in [2.45, 2.75) is 44.3 Å². The van der Waals surface area contributed by atoms with Gasteiger partial charge in [0.2, 0.25) is 11.8 Å². The molecule has 0 radical (unpaired) electrons. The van der Waals surface area contributed by atoms with Gasteiger partial charge in [-0.05, 0) is 31.2 Å². The third-order valence-corrected chi connectivity index (χ3v) is 6.67. The van der Waals surface area contributed by atoms with E-state index in [1.165, 1.54) is 27.1 Å². The molecule has 0 atom stereocenters. The lowest BCUT2D eigenvalue weighted by molar-refractivity contribution is -0.130. The predicted molar refractivity (Wildman–Crippen MR) is 109 cm³/mol. The van der Waals surface area contributed by atoms with E-state index < -0.39 is 0 Å². The summed E-state index contributed by atoms with van der Waals surface area (Å²) < 4.78 is 1.69. The highest BCUT2D eigenvalue weighted by molar-refractivity contribution is 7.99. The molecule has 7 nitrogen and oxygen atoms in total. The molecule has 2 aromatic heterocycles. The fourth-order valence-corrected chi connectivity index (χ4v) is 5.26. The van der Waals surface area contributed by atoms with Crippen LogP contribution in [0.15, 0.2) is 9.95 Å². The quantitative estimate of drug-likeness (QED) is 0.556. The van der Waals surface area contributed by atoms with Crippen molar-refractivity contribution in [1.29, 1.82) is 0 Å². The van der Waals surface area contributed by atoms with Crippen molar-refractivity contribution in [3.63, 3.8) is 0 Å². The van der Waals surface area contributed by atoms with Gasteiger partial charge in [-0.1, -0.05) is 18.7 Å². The third kappa shape index (κ3) is 4.19. The Balaban J connectivity index is 1.79. The fraction of sp³-hybridized carbons (Fsp3) is 0.556. The second kappa shape index (κ2) is 8.43. The number of carbonyl (C=O) groups is 2. The van der Waals surface area contributed by atoms with E-state index in [0.717, 1.165) is 35.9 Å². The van der Waals surface area contributed by atoms with Crippen molar-refractivity contribution in [3.05, 3.63) is 20.8 Å². The number of carbonyl (C=O) groups excluding carboxylic acids is 2. The molecular weight excluding hydrogens is 384 g/mol. The van der Waals surface area contributed by atoms with Gasteiger partial charge in [0.1, 0.15) is 4.83 Å². The van der Waals surface area contributed by atoms with Crippen LogP contribution in [0.3, 0.4) is 0 Å². The van der Waals surface area contributed by atoms with Gasteiger partial charge in [0, 0.05) is 25.5 Å². The second-order valence-corrected chi connectivity index (χ2v) is 8.77. The molecule has 2 heterocycles. The van der Waals surface area contributed by atoms with E-state index in [1.54, 1.807) is 30.0 Å². The zero-order chi connectivity index (χ0) is 19.6. The molecule has 0 fully saturated rings. The lowest BCUT2D eigenvalue weighted by Crippen LogP contribution is -2.37. The SMILES string of the molecule is CCCn1c(SCC(=O)NCC(=O)N(C)C)nc2sc3c(c2c1=O)CCC3. The first-order chi connectivity index (χ1) is 12.9. The van der Waals surface area contributed by atoms with Gasteiger partial charge in [-0.3, -0.25) is 19.0 Å². The van der Waals surface area contributed by atoms with Crippen LogP contribution in [-0.2, 0) is 29.0 Å². The highest BCUT2D eigenvalue weighted by Gasteiger charge is 2.23. The van der Waals surface area contributed by atoms with E-state index in [1.807, 2.05) is 6.92 Å². The Morgan fingerprint density at radius 1 is 1.33 bits per heavy atom. The molecule has 1 aliphatic carbocycles. The Labute approximate surface area is 166 Å². The van der Waals surface area contributed by atoms with E-state index in [9.17, 15) is 14.4 Å². The van der Waals surface area contributed by atoms with Crippen molar-refractivity contribution in [3.8, 4) is 0 Å². The Morgan fingerprint density at radius 2 is 2.11 bits per heavy atom. The maximum absolute atomic E-state index is 13.1. The van der Waals surface area contributed by atoms with Crippen LogP contribution in [0.25, 0.3) is 10.2 Å². The van der Waals surface area contributed by atoms with Crippen LogP contribution in [0.5, 0.6) is 0 Å². The molecule has 1 N–H and O–H groups in total. The number of thioether (sulfide) groups is 1. The van der Waals surface area contributed by atoms with Crippen molar-refractivity contribution < 1.29 is 9.59 Å². The van der Waals surface area contributed by atoms with Gasteiger partial charge in [0.25, 0.3) is 5.56 Å². The molecule has 0 aliphatic heterocycles. The van der Waals surface area contributed by atoms with Gasteiger partial charge in [0.05, 0.1) is 17.7 Å². The Bertz CT molecular complexity index is 933. The summed E-state index contributed by atoms with van der Waals surface area (Å²) in [6, 6.07) is 0. The first kappa shape index (κ1) is 19.9. The van der Waals surface area contributed by atoms with Gasteiger partial charge in [-0.2, -0.15) is 0 Å². The van der Waals surface area contributed by atoms with Crippen LogP contribution in [0.4, 0.5) is 0 Å². The van der Waals surface area contributed by atoms with Crippen LogP contribution in [0.1, 0.15) is 30.2 Å². The molecule has 0 aromatic carbocycles. The fourth-order valence-electron chi connectivity index (χ4n) is 3.10. The van der Waals surface area contributed by atoms with Crippen molar-refractivity contribution >= 4 is 45.1 Å². The summed E-state index contributed by atoms with van der Waals surface area (Å²) in [5, 5.41) is 3.95. The summed E-state index contributed by atoms with van der Waals surface area (Å²) >= 11 is 2.85. The minimum Gasteiger partial charge on any atom is -0.347 e. The van der Waals surface area contributed by atoms with E-state index in [4.69, 9.17) is 4.98 Å². The summed E-state index contributed by atoms with van der Waals surface area (Å²) in [4.78, 5) is 44.9. The van der Waals surface area contributed by atoms with Gasteiger partial charge < -0.3 is 10.2 Å². The topological polar surface area (TPSA) is 84.3 Å². The van der Waals surface area contributed by atoms with Gasteiger partial charge in [-0.15, -0.1) is 11.3 Å². The third-order valence-electron chi connectivity index (χ3n) is 4.50. The molecule has 0 saturated carbocycles. The number of nitrogens with zero attached hydrogens (tertiary/aromatic N) is 3. The normalized spacial score (nSPS) is 13.0. The van der Waals surface area contributed by atoms with Crippen LogP contribution in [0.2, 0.25) is 0 Å². The van der Waals surface area contributed by atoms with Crippen LogP contribution < -0.4 is 10.9 Å². The summed E-state index contributed by atoms with van der Waals surface area (Å²) in [6.07, 6.45) is 3.89. The number of likely N-dealkylation sites (N-methyl/N-ethyl adjacent to an activating group) is 1. The van der Waals surface area contributed by atoms with Crippen molar-refractivity contribution in [2.24, 2.45) is 0 Å². The number of hydrogen-bond donors (Lipinski definition) is 1. The number of hydrogen-bond acceptors (Lipinski definition) is 6. The predicted octanol–water partition coefficient (Wildman–Crippen LogP) is 1.65. The molecule has 0 spiro atoms. The number of aromatic nitrogens is 2. The second-order valence-electron chi connectivity index (χ2n) is 6.74. The van der Waals surface area contributed by atoms with Crippen LogP contribution >= 0.6 is 23.1 Å². The standard InChI is InChI=1S/C18H24N4O3S2/c1-4-8-22-17(25)15-11-6-5-7-12(11)27-16(15)20-18(22)26-10-13(23)19-9-14(24)21(2)3/h4-10H2,1-3H3,(H,19,23). The maximum Gasteiger partial charge on any atom is 0.263 e. The Hall–Kier alpha value is -1.87. The molecule has 0 saturated heterocycles. The zero-order valence-electron chi connectivity index (χ0n) is 15.8. The molecule has 0 bridgehead atoms. The smallest absolute Gasteiger partial charge is 0.263 e. The average Bonchev–Trinajstić information content (AvgIpc) is 3.21. The lowest BCUT2D eigenvalue weighted by Gasteiger charge is -2.12. The van der Waals surface area contributed by atoms with Gasteiger partial charge >= 0.3 is 0 Å². The minimum absolute atomic E-state index is 0.00643. The average molecular weight is 409 g/mol.